The largest absolute Gasteiger partial charge is 0.392 e. The van der Waals surface area contributed by atoms with Gasteiger partial charge < -0.3 is 10.4 Å². The summed E-state index contributed by atoms with van der Waals surface area (Å²) in [5.74, 6) is 1.01. The van der Waals surface area contributed by atoms with Crippen LogP contribution in [0.3, 0.4) is 0 Å². The fourth-order valence-corrected chi connectivity index (χ4v) is 3.50. The lowest BCUT2D eigenvalue weighted by Crippen LogP contribution is -2.39. The smallest absolute Gasteiger partial charge is 0.0693 e. The van der Waals surface area contributed by atoms with E-state index in [1.54, 1.807) is 0 Å². The van der Waals surface area contributed by atoms with Crippen molar-refractivity contribution in [3.8, 4) is 0 Å². The molecule has 0 saturated heterocycles. The fraction of sp³-hybridized carbons (Fsp3) is 1.00. The summed E-state index contributed by atoms with van der Waals surface area (Å²) in [5, 5.41) is 13.6. The van der Waals surface area contributed by atoms with Crippen molar-refractivity contribution < 1.29 is 5.11 Å². The van der Waals surface area contributed by atoms with E-state index >= 15 is 0 Å². The number of hydrogen-bond donors (Lipinski definition) is 2. The predicted octanol–water partition coefficient (Wildman–Crippen LogP) is 3.24. The number of rotatable bonds is 5. The molecule has 2 N–H and O–H groups in total. The van der Waals surface area contributed by atoms with Crippen LogP contribution in [0.5, 0.6) is 0 Å². The van der Waals surface area contributed by atoms with Gasteiger partial charge in [0.25, 0.3) is 0 Å². The fourth-order valence-electron chi connectivity index (χ4n) is 3.50. The van der Waals surface area contributed by atoms with Crippen molar-refractivity contribution in [3.63, 3.8) is 0 Å². The molecule has 0 amide bonds. The Morgan fingerprint density at radius 2 is 1.59 bits per heavy atom. The summed E-state index contributed by atoms with van der Waals surface area (Å²) >= 11 is 0. The summed E-state index contributed by atoms with van der Waals surface area (Å²) in [6.07, 6.45) is 14.4. The molecule has 2 saturated carbocycles. The number of aliphatic hydroxyl groups is 1. The van der Waals surface area contributed by atoms with Gasteiger partial charge in [0.2, 0.25) is 0 Å². The Kier molecular flexibility index (Phi) is 5.79. The van der Waals surface area contributed by atoms with Crippen molar-refractivity contribution in [2.75, 3.05) is 6.54 Å². The van der Waals surface area contributed by atoms with E-state index in [9.17, 15) is 5.11 Å². The molecule has 2 atom stereocenters. The summed E-state index contributed by atoms with van der Waals surface area (Å²) in [5.41, 5.74) is 0. The number of nitrogens with one attached hydrogen (secondary N) is 1. The average Bonchev–Trinajstić information content (AvgIpc) is 2.76. The van der Waals surface area contributed by atoms with Crippen LogP contribution >= 0.6 is 0 Å². The van der Waals surface area contributed by atoms with Gasteiger partial charge in [0.1, 0.15) is 0 Å². The molecule has 2 aliphatic carbocycles. The summed E-state index contributed by atoms with van der Waals surface area (Å²) in [6, 6.07) is 0.376. The van der Waals surface area contributed by atoms with E-state index in [1.807, 2.05) is 0 Å². The lowest BCUT2D eigenvalue weighted by atomic mass is 10.0. The molecule has 0 aromatic rings. The van der Waals surface area contributed by atoms with Gasteiger partial charge in [0, 0.05) is 6.04 Å². The van der Waals surface area contributed by atoms with Gasteiger partial charge in [-0.1, -0.05) is 44.9 Å². The third kappa shape index (κ3) is 4.59. The first-order valence-corrected chi connectivity index (χ1v) is 7.78. The van der Waals surface area contributed by atoms with Crippen molar-refractivity contribution in [2.45, 2.75) is 82.8 Å². The van der Waals surface area contributed by atoms with Gasteiger partial charge in [-0.15, -0.1) is 0 Å². The van der Waals surface area contributed by atoms with E-state index < -0.39 is 0 Å². The second-order valence-electron chi connectivity index (χ2n) is 6.06. The van der Waals surface area contributed by atoms with Gasteiger partial charge in [0.05, 0.1) is 6.10 Å². The minimum absolute atomic E-state index is 0.0935. The monoisotopic (exact) mass is 239 g/mol. The standard InChI is InChI=1S/C15H29NO/c17-15-11-3-1-2-10-14(15)16-12-6-9-13-7-4-5-8-13/h13-17H,1-12H2. The summed E-state index contributed by atoms with van der Waals surface area (Å²) in [6.45, 7) is 1.11. The molecule has 2 unspecified atom stereocenters. The molecule has 0 bridgehead atoms. The normalized spacial score (nSPS) is 31.6. The zero-order valence-corrected chi connectivity index (χ0v) is 11.2. The zero-order chi connectivity index (χ0) is 11.9. The van der Waals surface area contributed by atoms with Gasteiger partial charge in [-0.3, -0.25) is 0 Å². The van der Waals surface area contributed by atoms with Gasteiger partial charge in [-0.2, -0.15) is 0 Å². The Morgan fingerprint density at radius 1 is 0.882 bits per heavy atom. The number of aliphatic hydroxyl groups excluding tert-OH is 1. The quantitative estimate of drug-likeness (QED) is 0.570. The van der Waals surface area contributed by atoms with E-state index in [4.69, 9.17) is 0 Å². The molecule has 0 spiro atoms. The molecular formula is C15H29NO. The summed E-state index contributed by atoms with van der Waals surface area (Å²) in [4.78, 5) is 0. The molecule has 2 rings (SSSR count). The van der Waals surface area contributed by atoms with Crippen LogP contribution in [0.15, 0.2) is 0 Å². The first kappa shape index (κ1) is 13.4. The zero-order valence-electron chi connectivity index (χ0n) is 11.2. The first-order valence-electron chi connectivity index (χ1n) is 7.78. The van der Waals surface area contributed by atoms with Crippen LogP contribution < -0.4 is 5.32 Å². The molecule has 0 aromatic heterocycles. The highest BCUT2D eigenvalue weighted by molar-refractivity contribution is 4.79. The minimum Gasteiger partial charge on any atom is -0.392 e. The Bertz CT molecular complexity index is 201. The second kappa shape index (κ2) is 7.38. The Morgan fingerprint density at radius 3 is 2.41 bits per heavy atom. The molecule has 2 nitrogen and oxygen atoms in total. The van der Waals surface area contributed by atoms with Crippen molar-refractivity contribution >= 4 is 0 Å². The SMILES string of the molecule is OC1CCCCCC1NCCCC1CCCC1. The molecule has 2 heteroatoms. The minimum atomic E-state index is -0.0935. The molecule has 100 valence electrons. The Hall–Kier alpha value is -0.0800. The second-order valence-corrected chi connectivity index (χ2v) is 6.06. The molecule has 0 radical (unpaired) electrons. The molecule has 0 aromatic carbocycles. The molecular weight excluding hydrogens is 210 g/mol. The highest BCUT2D eigenvalue weighted by Crippen LogP contribution is 2.28. The van der Waals surface area contributed by atoms with Gasteiger partial charge in [-0.05, 0) is 38.1 Å². The van der Waals surface area contributed by atoms with E-state index in [1.165, 1.54) is 64.2 Å². The van der Waals surface area contributed by atoms with Crippen LogP contribution in [0.2, 0.25) is 0 Å². The van der Waals surface area contributed by atoms with Crippen LogP contribution in [0.25, 0.3) is 0 Å². The van der Waals surface area contributed by atoms with Crippen molar-refractivity contribution in [3.05, 3.63) is 0 Å². The van der Waals surface area contributed by atoms with Crippen LogP contribution in [-0.4, -0.2) is 23.8 Å². The lowest BCUT2D eigenvalue weighted by Gasteiger charge is -2.22. The van der Waals surface area contributed by atoms with Crippen LogP contribution in [0.4, 0.5) is 0 Å². The molecule has 17 heavy (non-hydrogen) atoms. The van der Waals surface area contributed by atoms with Crippen molar-refractivity contribution in [2.24, 2.45) is 5.92 Å². The number of hydrogen-bond acceptors (Lipinski definition) is 2. The van der Waals surface area contributed by atoms with Crippen molar-refractivity contribution in [1.82, 2.24) is 5.32 Å². The molecule has 2 aliphatic rings. The molecule has 0 aliphatic heterocycles. The Balaban J connectivity index is 1.56. The van der Waals surface area contributed by atoms with Gasteiger partial charge in [-0.25, -0.2) is 0 Å². The summed E-state index contributed by atoms with van der Waals surface area (Å²) < 4.78 is 0. The maximum Gasteiger partial charge on any atom is 0.0693 e. The van der Waals surface area contributed by atoms with E-state index in [0.29, 0.717) is 6.04 Å². The molecule has 2 fully saturated rings. The molecule has 0 heterocycles. The van der Waals surface area contributed by atoms with Crippen LogP contribution in [-0.2, 0) is 0 Å². The Labute approximate surface area is 106 Å². The topological polar surface area (TPSA) is 32.3 Å². The van der Waals surface area contributed by atoms with Crippen molar-refractivity contribution in [1.29, 1.82) is 0 Å². The maximum absolute atomic E-state index is 10.00. The maximum atomic E-state index is 10.00. The lowest BCUT2D eigenvalue weighted by molar-refractivity contribution is 0.120. The average molecular weight is 239 g/mol. The first-order chi connectivity index (χ1) is 8.36. The summed E-state index contributed by atoms with van der Waals surface area (Å²) in [7, 11) is 0. The predicted molar refractivity (Wildman–Crippen MR) is 72.1 cm³/mol. The third-order valence-corrected chi connectivity index (χ3v) is 4.65. The van der Waals surface area contributed by atoms with E-state index in [2.05, 4.69) is 5.32 Å². The highest BCUT2D eigenvalue weighted by atomic mass is 16.3. The van der Waals surface area contributed by atoms with E-state index in [0.717, 1.165) is 18.9 Å². The van der Waals surface area contributed by atoms with E-state index in [-0.39, 0.29) is 6.10 Å². The highest BCUT2D eigenvalue weighted by Gasteiger charge is 2.21. The van der Waals surface area contributed by atoms with Crippen LogP contribution in [0, 0.1) is 5.92 Å². The van der Waals surface area contributed by atoms with Crippen LogP contribution in [0.1, 0.15) is 70.6 Å². The third-order valence-electron chi connectivity index (χ3n) is 4.65. The van der Waals surface area contributed by atoms with Gasteiger partial charge >= 0.3 is 0 Å². The van der Waals surface area contributed by atoms with Gasteiger partial charge in [0.15, 0.2) is 0 Å².